The van der Waals surface area contributed by atoms with Crippen LogP contribution in [0, 0.1) is 13.8 Å². The van der Waals surface area contributed by atoms with Crippen molar-refractivity contribution < 1.29 is 4.74 Å². The normalized spacial score (nSPS) is 10.7. The van der Waals surface area contributed by atoms with Gasteiger partial charge in [-0.2, -0.15) is 0 Å². The molecule has 0 radical (unpaired) electrons. The van der Waals surface area contributed by atoms with Gasteiger partial charge in [0.1, 0.15) is 5.75 Å². The number of hydrogen-bond donors (Lipinski definition) is 0. The van der Waals surface area contributed by atoms with E-state index in [4.69, 9.17) is 4.74 Å². The molecule has 0 aliphatic heterocycles. The predicted octanol–water partition coefficient (Wildman–Crippen LogP) is 4.23. The minimum Gasteiger partial charge on any atom is -0.496 e. The lowest BCUT2D eigenvalue weighted by Crippen LogP contribution is -1.90. The molecule has 2 heteroatoms. The molecule has 0 N–H and O–H groups in total. The van der Waals surface area contributed by atoms with Crippen molar-refractivity contribution in [1.29, 1.82) is 0 Å². The fourth-order valence-corrected chi connectivity index (χ4v) is 2.29. The van der Waals surface area contributed by atoms with E-state index in [1.54, 1.807) is 7.11 Å². The van der Waals surface area contributed by atoms with Gasteiger partial charge in [-0.3, -0.25) is 0 Å². The highest BCUT2D eigenvalue weighted by Gasteiger charge is 2.08. The van der Waals surface area contributed by atoms with Crippen LogP contribution < -0.4 is 4.74 Å². The number of hydrogen-bond acceptors (Lipinski definition) is 1. The average molecular weight is 265 g/mol. The van der Waals surface area contributed by atoms with Crippen molar-refractivity contribution in [3.63, 3.8) is 0 Å². The highest BCUT2D eigenvalue weighted by Crippen LogP contribution is 2.34. The van der Waals surface area contributed by atoms with Crippen LogP contribution in [0.3, 0.4) is 0 Å². The van der Waals surface area contributed by atoms with Gasteiger partial charge < -0.3 is 4.74 Å². The summed E-state index contributed by atoms with van der Waals surface area (Å²) in [7, 11) is 1.71. The van der Waals surface area contributed by atoms with Gasteiger partial charge in [-0.15, -0.1) is 0 Å². The third-order valence-corrected chi connectivity index (χ3v) is 3.53. The third kappa shape index (κ3) is 1.63. The van der Waals surface area contributed by atoms with E-state index in [2.05, 4.69) is 41.9 Å². The van der Waals surface area contributed by atoms with Gasteiger partial charge >= 0.3 is 0 Å². The summed E-state index contributed by atoms with van der Waals surface area (Å²) in [5.41, 5.74) is 2.57. The van der Waals surface area contributed by atoms with Crippen molar-refractivity contribution >= 4 is 26.7 Å². The molecule has 2 aromatic carbocycles. The molecule has 0 bridgehead atoms. The minimum atomic E-state index is 0.939. The molecule has 2 aromatic rings. The Bertz CT molecular complexity index is 517. The van der Waals surface area contributed by atoms with Crippen LogP contribution in [0.5, 0.6) is 5.75 Å². The first-order chi connectivity index (χ1) is 7.15. The van der Waals surface area contributed by atoms with E-state index in [-0.39, 0.29) is 0 Å². The molecule has 0 aliphatic rings. The maximum atomic E-state index is 5.40. The van der Waals surface area contributed by atoms with E-state index >= 15 is 0 Å². The van der Waals surface area contributed by atoms with Crippen molar-refractivity contribution in [2.24, 2.45) is 0 Å². The first-order valence-electron chi connectivity index (χ1n) is 4.87. The Balaban J connectivity index is 2.95. The molecular weight excluding hydrogens is 252 g/mol. The fourth-order valence-electron chi connectivity index (χ4n) is 1.82. The molecule has 0 fully saturated rings. The van der Waals surface area contributed by atoms with E-state index in [9.17, 15) is 0 Å². The first-order valence-corrected chi connectivity index (χ1v) is 5.67. The zero-order chi connectivity index (χ0) is 11.0. The molecule has 0 atom stereocenters. The highest BCUT2D eigenvalue weighted by molar-refractivity contribution is 9.10. The second-order valence-corrected chi connectivity index (χ2v) is 4.53. The van der Waals surface area contributed by atoms with Crippen molar-refractivity contribution in [3.05, 3.63) is 39.9 Å². The number of halogens is 1. The van der Waals surface area contributed by atoms with E-state index < -0.39 is 0 Å². The number of fused-ring (bicyclic) bond motifs is 1. The maximum absolute atomic E-state index is 5.40. The summed E-state index contributed by atoms with van der Waals surface area (Å²) >= 11 is 3.56. The zero-order valence-electron chi connectivity index (χ0n) is 9.10. The summed E-state index contributed by atoms with van der Waals surface area (Å²) in [5.74, 6) is 0.939. The van der Waals surface area contributed by atoms with Crippen LogP contribution >= 0.6 is 15.9 Å². The summed E-state index contributed by atoms with van der Waals surface area (Å²) in [4.78, 5) is 0. The number of ether oxygens (including phenoxy) is 1. The molecule has 0 spiro atoms. The van der Waals surface area contributed by atoms with Gasteiger partial charge in [-0.25, -0.2) is 0 Å². The monoisotopic (exact) mass is 264 g/mol. The Labute approximate surface area is 98.2 Å². The van der Waals surface area contributed by atoms with Gasteiger partial charge in [0.15, 0.2) is 0 Å². The molecule has 0 heterocycles. The smallest absolute Gasteiger partial charge is 0.127 e. The van der Waals surface area contributed by atoms with Crippen molar-refractivity contribution in [3.8, 4) is 5.75 Å². The SMILES string of the molecule is COc1ccc(Br)c2ccc(C)c(C)c12. The van der Waals surface area contributed by atoms with Crippen LogP contribution in [0.15, 0.2) is 28.7 Å². The summed E-state index contributed by atoms with van der Waals surface area (Å²) < 4.78 is 6.51. The van der Waals surface area contributed by atoms with E-state index in [0.717, 1.165) is 10.2 Å². The van der Waals surface area contributed by atoms with E-state index in [1.807, 2.05) is 12.1 Å². The van der Waals surface area contributed by atoms with E-state index in [1.165, 1.54) is 21.9 Å². The predicted molar refractivity (Wildman–Crippen MR) is 67.7 cm³/mol. The van der Waals surface area contributed by atoms with Gasteiger partial charge in [0.25, 0.3) is 0 Å². The van der Waals surface area contributed by atoms with Crippen molar-refractivity contribution in [1.82, 2.24) is 0 Å². The van der Waals surface area contributed by atoms with Crippen molar-refractivity contribution in [2.45, 2.75) is 13.8 Å². The van der Waals surface area contributed by atoms with Crippen LogP contribution in [0.1, 0.15) is 11.1 Å². The van der Waals surface area contributed by atoms with Gasteiger partial charge in [0.05, 0.1) is 7.11 Å². The molecular formula is C13H13BrO. The lowest BCUT2D eigenvalue weighted by Gasteiger charge is -2.11. The second kappa shape index (κ2) is 3.86. The fraction of sp³-hybridized carbons (Fsp3) is 0.231. The average Bonchev–Trinajstić information content (AvgIpc) is 2.24. The molecule has 0 amide bonds. The third-order valence-electron chi connectivity index (χ3n) is 2.84. The molecule has 1 nitrogen and oxygen atoms in total. The topological polar surface area (TPSA) is 9.23 Å². The van der Waals surface area contributed by atoms with Crippen LogP contribution in [0.4, 0.5) is 0 Å². The quantitative estimate of drug-likeness (QED) is 0.749. The Morgan fingerprint density at radius 3 is 2.47 bits per heavy atom. The number of benzene rings is 2. The summed E-state index contributed by atoms with van der Waals surface area (Å²) in [6.45, 7) is 4.25. The number of rotatable bonds is 1. The molecule has 78 valence electrons. The van der Waals surface area contributed by atoms with Crippen molar-refractivity contribution in [2.75, 3.05) is 7.11 Å². The highest BCUT2D eigenvalue weighted by atomic mass is 79.9. The Morgan fingerprint density at radius 1 is 1.07 bits per heavy atom. The Hall–Kier alpha value is -1.02. The lowest BCUT2D eigenvalue weighted by atomic mass is 10.0. The molecule has 0 saturated heterocycles. The van der Waals surface area contributed by atoms with Crippen LogP contribution in [-0.2, 0) is 0 Å². The largest absolute Gasteiger partial charge is 0.496 e. The Kier molecular flexibility index (Phi) is 2.70. The number of methoxy groups -OCH3 is 1. The minimum absolute atomic E-state index is 0.939. The molecule has 0 unspecified atom stereocenters. The maximum Gasteiger partial charge on any atom is 0.127 e. The zero-order valence-corrected chi connectivity index (χ0v) is 10.7. The molecule has 0 saturated carbocycles. The standard InChI is InChI=1S/C13H13BrO/c1-8-4-5-10-11(14)6-7-12(15-3)13(10)9(8)2/h4-7H,1-3H3. The second-order valence-electron chi connectivity index (χ2n) is 3.68. The summed E-state index contributed by atoms with van der Waals surface area (Å²) in [5, 5.41) is 2.41. The van der Waals surface area contributed by atoms with E-state index in [0.29, 0.717) is 0 Å². The van der Waals surface area contributed by atoms with Crippen LogP contribution in [0.2, 0.25) is 0 Å². The summed E-state index contributed by atoms with van der Waals surface area (Å²) in [6.07, 6.45) is 0. The van der Waals surface area contributed by atoms with Gasteiger partial charge in [0, 0.05) is 9.86 Å². The Morgan fingerprint density at radius 2 is 1.80 bits per heavy atom. The molecule has 2 rings (SSSR count). The van der Waals surface area contributed by atoms with Gasteiger partial charge in [-0.1, -0.05) is 28.1 Å². The van der Waals surface area contributed by atoms with Gasteiger partial charge in [0.2, 0.25) is 0 Å². The molecule has 0 aliphatic carbocycles. The molecule has 0 aromatic heterocycles. The summed E-state index contributed by atoms with van der Waals surface area (Å²) in [6, 6.07) is 8.29. The van der Waals surface area contributed by atoms with Gasteiger partial charge in [-0.05, 0) is 42.5 Å². The lowest BCUT2D eigenvalue weighted by molar-refractivity contribution is 0.419. The first kappa shape index (κ1) is 10.5. The molecule has 15 heavy (non-hydrogen) atoms. The number of aryl methyl sites for hydroxylation is 2. The van der Waals surface area contributed by atoms with Crippen LogP contribution in [-0.4, -0.2) is 7.11 Å². The van der Waals surface area contributed by atoms with Crippen LogP contribution in [0.25, 0.3) is 10.8 Å².